The van der Waals surface area contributed by atoms with Crippen molar-refractivity contribution in [3.63, 3.8) is 0 Å². The van der Waals surface area contributed by atoms with Gasteiger partial charge >= 0.3 is 11.9 Å². The lowest BCUT2D eigenvalue weighted by Crippen LogP contribution is -2.10. The third kappa shape index (κ3) is 12.6. The normalized spacial score (nSPS) is 9.75. The van der Waals surface area contributed by atoms with Crippen molar-refractivity contribution < 1.29 is 19.8 Å². The van der Waals surface area contributed by atoms with Crippen molar-refractivity contribution >= 4 is 11.9 Å². The Morgan fingerprint density at radius 3 is 1.75 bits per heavy atom. The second kappa shape index (κ2) is 11.0. The maximum Gasteiger partial charge on any atom is 0.303 e. The molecule has 0 aliphatic rings. The summed E-state index contributed by atoms with van der Waals surface area (Å²) in [6.07, 6.45) is 1.02. The van der Waals surface area contributed by atoms with Crippen molar-refractivity contribution in [2.24, 2.45) is 0 Å². The maximum absolute atomic E-state index is 9.90. The van der Waals surface area contributed by atoms with Crippen LogP contribution < -0.4 is 0 Å². The molecule has 20 heavy (non-hydrogen) atoms. The van der Waals surface area contributed by atoms with Gasteiger partial charge in [-0.25, -0.2) is 0 Å². The van der Waals surface area contributed by atoms with Crippen LogP contribution in [0, 0.1) is 0 Å². The molecule has 1 aromatic rings. The number of nitrogens with zero attached hydrogens (tertiary/aromatic N) is 1. The quantitative estimate of drug-likeness (QED) is 0.751. The van der Waals surface area contributed by atoms with Crippen molar-refractivity contribution in [1.82, 2.24) is 4.90 Å². The van der Waals surface area contributed by atoms with Gasteiger partial charge in [-0.1, -0.05) is 30.3 Å². The van der Waals surface area contributed by atoms with Gasteiger partial charge in [-0.2, -0.15) is 0 Å². The topological polar surface area (TPSA) is 77.8 Å². The van der Waals surface area contributed by atoms with Crippen LogP contribution in [-0.2, 0) is 16.1 Å². The van der Waals surface area contributed by atoms with E-state index in [1.54, 1.807) is 0 Å². The molecular weight excluding hydrogens is 258 g/mol. The minimum atomic E-state index is -0.870. The highest BCUT2D eigenvalue weighted by Gasteiger charge is 1.99. The third-order valence-electron chi connectivity index (χ3n) is 2.37. The van der Waals surface area contributed by atoms with Crippen LogP contribution >= 0.6 is 0 Å². The molecule has 0 saturated heterocycles. The molecule has 112 valence electrons. The minimum Gasteiger partial charge on any atom is -0.481 e. The first-order valence-corrected chi connectivity index (χ1v) is 6.54. The second-order valence-corrected chi connectivity index (χ2v) is 4.72. The lowest BCUT2D eigenvalue weighted by Gasteiger charge is -2.08. The van der Waals surface area contributed by atoms with Gasteiger partial charge in [0.2, 0.25) is 0 Å². The highest BCUT2D eigenvalue weighted by molar-refractivity contribution is 5.67. The average Bonchev–Trinajstić information content (AvgIpc) is 2.35. The van der Waals surface area contributed by atoms with Gasteiger partial charge in [0, 0.05) is 19.4 Å². The molecule has 0 unspecified atom stereocenters. The fourth-order valence-electron chi connectivity index (χ4n) is 1.50. The third-order valence-corrected chi connectivity index (χ3v) is 2.37. The molecule has 0 aromatic heterocycles. The van der Waals surface area contributed by atoms with E-state index in [4.69, 9.17) is 10.2 Å². The second-order valence-electron chi connectivity index (χ2n) is 4.72. The van der Waals surface area contributed by atoms with Crippen molar-refractivity contribution in [1.29, 1.82) is 0 Å². The van der Waals surface area contributed by atoms with Crippen molar-refractivity contribution in [3.8, 4) is 0 Å². The number of carboxylic acid groups (broad SMARTS) is 2. The van der Waals surface area contributed by atoms with E-state index < -0.39 is 11.9 Å². The van der Waals surface area contributed by atoms with Crippen LogP contribution in [0.4, 0.5) is 0 Å². The highest BCUT2D eigenvalue weighted by Crippen LogP contribution is 2.00. The Bertz CT molecular complexity index is 374. The molecule has 5 nitrogen and oxygen atoms in total. The highest BCUT2D eigenvalue weighted by atomic mass is 16.4. The molecule has 0 aliphatic heterocycles. The van der Waals surface area contributed by atoms with E-state index in [0.717, 1.165) is 6.54 Å². The van der Waals surface area contributed by atoms with Gasteiger partial charge in [0.25, 0.3) is 0 Å². The van der Waals surface area contributed by atoms with E-state index >= 15 is 0 Å². The standard InChI is InChI=1S/C9H13N.C6H10O4/c1-10(2)8-9-6-4-3-5-7-9;7-5(8)3-1-2-4-6(9)10/h3-7H,8H2,1-2H3;1-4H2,(H,7,8)(H,9,10). The number of hydrogen-bond acceptors (Lipinski definition) is 3. The summed E-state index contributed by atoms with van der Waals surface area (Å²) in [5, 5.41) is 16.3. The lowest BCUT2D eigenvalue weighted by atomic mass is 10.2. The van der Waals surface area contributed by atoms with Gasteiger partial charge < -0.3 is 15.1 Å². The predicted octanol–water partition coefficient (Wildman–Crippen LogP) is 2.46. The zero-order valence-electron chi connectivity index (χ0n) is 12.1. The van der Waals surface area contributed by atoms with Crippen LogP contribution in [0.25, 0.3) is 0 Å². The first kappa shape index (κ1) is 18.1. The summed E-state index contributed by atoms with van der Waals surface area (Å²) in [4.78, 5) is 22.0. The molecule has 5 heteroatoms. The van der Waals surface area contributed by atoms with Crippen LogP contribution in [-0.4, -0.2) is 41.1 Å². The first-order chi connectivity index (χ1) is 9.41. The molecule has 0 bridgehead atoms. The van der Waals surface area contributed by atoms with E-state index in [-0.39, 0.29) is 12.8 Å². The first-order valence-electron chi connectivity index (χ1n) is 6.54. The molecule has 0 aliphatic carbocycles. The van der Waals surface area contributed by atoms with Crippen LogP contribution in [0.1, 0.15) is 31.2 Å². The Hall–Kier alpha value is -1.88. The summed E-state index contributed by atoms with van der Waals surface area (Å²) in [6.45, 7) is 1.03. The van der Waals surface area contributed by atoms with Gasteiger partial charge in [0.1, 0.15) is 0 Å². The van der Waals surface area contributed by atoms with Crippen molar-refractivity contribution in [2.45, 2.75) is 32.2 Å². The molecule has 0 amide bonds. The number of benzene rings is 1. The van der Waals surface area contributed by atoms with Gasteiger partial charge in [-0.3, -0.25) is 9.59 Å². The van der Waals surface area contributed by atoms with Crippen molar-refractivity contribution in [3.05, 3.63) is 35.9 Å². The Labute approximate surface area is 119 Å². The Morgan fingerprint density at radius 2 is 1.40 bits per heavy atom. The van der Waals surface area contributed by atoms with Crippen molar-refractivity contribution in [2.75, 3.05) is 14.1 Å². The van der Waals surface area contributed by atoms with Gasteiger partial charge in [-0.05, 0) is 32.5 Å². The molecule has 0 spiro atoms. The van der Waals surface area contributed by atoms with Gasteiger partial charge in [0.05, 0.1) is 0 Å². The largest absolute Gasteiger partial charge is 0.481 e. The van der Waals surface area contributed by atoms with Crippen LogP contribution in [0.2, 0.25) is 0 Å². The molecule has 1 aromatic carbocycles. The zero-order chi connectivity index (χ0) is 15.4. The Morgan fingerprint density at radius 1 is 0.950 bits per heavy atom. The molecule has 2 N–H and O–H groups in total. The summed E-state index contributed by atoms with van der Waals surface area (Å²) in [7, 11) is 4.15. The van der Waals surface area contributed by atoms with Gasteiger partial charge in [0.15, 0.2) is 0 Å². The van der Waals surface area contributed by atoms with E-state index in [0.29, 0.717) is 12.8 Å². The Balaban J connectivity index is 0.000000361. The number of carbonyl (C=O) groups is 2. The summed E-state index contributed by atoms with van der Waals surface area (Å²) in [5.41, 5.74) is 1.37. The number of aliphatic carboxylic acids is 2. The maximum atomic E-state index is 9.90. The molecule has 0 radical (unpaired) electrons. The molecule has 1 rings (SSSR count). The van der Waals surface area contributed by atoms with Crippen LogP contribution in [0.5, 0.6) is 0 Å². The number of rotatable bonds is 7. The fraction of sp³-hybridized carbons (Fsp3) is 0.467. The predicted molar refractivity (Wildman–Crippen MR) is 77.6 cm³/mol. The summed E-state index contributed by atoms with van der Waals surface area (Å²) < 4.78 is 0. The molecule has 0 heterocycles. The minimum absolute atomic E-state index is 0.0628. The van der Waals surface area contributed by atoms with E-state index in [9.17, 15) is 9.59 Å². The molecular formula is C15H23NO4. The molecule has 0 atom stereocenters. The monoisotopic (exact) mass is 281 g/mol. The average molecular weight is 281 g/mol. The SMILES string of the molecule is CN(C)Cc1ccccc1.O=C(O)CCCCC(=O)O. The van der Waals surface area contributed by atoms with Crippen LogP contribution in [0.3, 0.4) is 0 Å². The van der Waals surface area contributed by atoms with Crippen LogP contribution in [0.15, 0.2) is 30.3 Å². The van der Waals surface area contributed by atoms with E-state index in [2.05, 4.69) is 43.3 Å². The van der Waals surface area contributed by atoms with E-state index in [1.807, 2.05) is 6.07 Å². The summed E-state index contributed by atoms with van der Waals surface area (Å²) >= 11 is 0. The summed E-state index contributed by atoms with van der Waals surface area (Å²) in [6, 6.07) is 10.5. The fourth-order valence-corrected chi connectivity index (χ4v) is 1.50. The Kier molecular flexibility index (Phi) is 9.96. The number of hydrogen-bond donors (Lipinski definition) is 2. The number of carboxylic acids is 2. The van der Waals surface area contributed by atoms with Gasteiger partial charge in [-0.15, -0.1) is 0 Å². The number of unbranched alkanes of at least 4 members (excludes halogenated alkanes) is 1. The summed E-state index contributed by atoms with van der Waals surface area (Å²) in [5.74, 6) is -1.74. The zero-order valence-corrected chi connectivity index (χ0v) is 12.1. The lowest BCUT2D eigenvalue weighted by molar-refractivity contribution is -0.139. The smallest absolute Gasteiger partial charge is 0.303 e. The molecule has 0 fully saturated rings. The van der Waals surface area contributed by atoms with E-state index in [1.165, 1.54) is 5.56 Å². The molecule has 0 saturated carbocycles.